The van der Waals surface area contributed by atoms with Gasteiger partial charge >= 0.3 is 6.03 Å². The number of nitrogens with zero attached hydrogens (tertiary/aromatic N) is 2. The molecule has 1 heterocycles. The van der Waals surface area contributed by atoms with Crippen LogP contribution >= 0.6 is 0 Å². The maximum absolute atomic E-state index is 11.9. The van der Waals surface area contributed by atoms with Gasteiger partial charge in [0, 0.05) is 26.2 Å². The summed E-state index contributed by atoms with van der Waals surface area (Å²) >= 11 is 0. The Morgan fingerprint density at radius 2 is 2.00 bits per heavy atom. The highest BCUT2D eigenvalue weighted by Gasteiger charge is 2.15. The normalized spacial score (nSPS) is 15.2. The third kappa shape index (κ3) is 5.73. The smallest absolute Gasteiger partial charge is 0.317 e. The lowest BCUT2D eigenvalue weighted by molar-refractivity contribution is 0.0532. The number of carbonyl (C=O) groups excluding carboxylic acids is 1. The summed E-state index contributed by atoms with van der Waals surface area (Å²) in [6, 6.07) is 10.5. The molecular weight excluding hydrogens is 266 g/mol. The van der Waals surface area contributed by atoms with Crippen LogP contribution in [0.25, 0.3) is 0 Å². The van der Waals surface area contributed by atoms with Crippen LogP contribution in [-0.2, 0) is 11.3 Å². The van der Waals surface area contributed by atoms with Crippen molar-refractivity contribution in [1.82, 2.24) is 15.1 Å². The average Bonchev–Trinajstić information content (AvgIpc) is 2.53. The summed E-state index contributed by atoms with van der Waals surface area (Å²) in [7, 11) is 2.11. The van der Waals surface area contributed by atoms with Gasteiger partial charge in [-0.05, 0) is 25.6 Å². The Labute approximate surface area is 126 Å². The van der Waals surface area contributed by atoms with Gasteiger partial charge in [0.1, 0.15) is 0 Å². The molecule has 2 rings (SSSR count). The summed E-state index contributed by atoms with van der Waals surface area (Å²) in [4.78, 5) is 16.0. The van der Waals surface area contributed by atoms with E-state index in [9.17, 15) is 4.79 Å². The third-order valence-electron chi connectivity index (χ3n) is 3.59. The summed E-state index contributed by atoms with van der Waals surface area (Å²) in [6.07, 6.45) is 0.958. The van der Waals surface area contributed by atoms with Crippen molar-refractivity contribution in [3.05, 3.63) is 35.9 Å². The molecule has 0 aromatic heterocycles. The Bertz CT molecular complexity index is 419. The number of carbonyl (C=O) groups is 1. The summed E-state index contributed by atoms with van der Waals surface area (Å²) in [5, 5.41) is 2.98. The van der Waals surface area contributed by atoms with E-state index in [2.05, 4.69) is 41.5 Å². The molecule has 1 aliphatic rings. The molecular formula is C16H25N3O2. The van der Waals surface area contributed by atoms with Crippen LogP contribution < -0.4 is 5.32 Å². The van der Waals surface area contributed by atoms with E-state index in [1.807, 2.05) is 11.0 Å². The van der Waals surface area contributed by atoms with Gasteiger partial charge in [0.2, 0.25) is 0 Å². The van der Waals surface area contributed by atoms with Gasteiger partial charge in [0.15, 0.2) is 0 Å². The van der Waals surface area contributed by atoms with E-state index in [1.165, 1.54) is 5.56 Å². The van der Waals surface area contributed by atoms with Crippen molar-refractivity contribution >= 4 is 6.03 Å². The lowest BCUT2D eigenvalue weighted by Gasteiger charge is -2.27. The molecule has 1 aromatic rings. The quantitative estimate of drug-likeness (QED) is 0.809. The fraction of sp³-hybridized carbons (Fsp3) is 0.562. The van der Waals surface area contributed by atoms with E-state index in [0.717, 1.165) is 26.1 Å². The maximum Gasteiger partial charge on any atom is 0.317 e. The monoisotopic (exact) mass is 291 g/mol. The number of amides is 2. The van der Waals surface area contributed by atoms with E-state index in [0.29, 0.717) is 26.3 Å². The second-order valence-corrected chi connectivity index (χ2v) is 5.41. The molecule has 1 aromatic carbocycles. The predicted molar refractivity (Wildman–Crippen MR) is 83.2 cm³/mol. The van der Waals surface area contributed by atoms with Crippen molar-refractivity contribution in [2.45, 2.75) is 13.0 Å². The van der Waals surface area contributed by atoms with Crippen LogP contribution in [0.3, 0.4) is 0 Å². The molecule has 0 aliphatic carbocycles. The van der Waals surface area contributed by atoms with Crippen molar-refractivity contribution in [3.8, 4) is 0 Å². The number of ether oxygens (including phenoxy) is 1. The Morgan fingerprint density at radius 1 is 1.29 bits per heavy atom. The highest BCUT2D eigenvalue weighted by atomic mass is 16.5. The molecule has 5 heteroatoms. The van der Waals surface area contributed by atoms with Crippen LogP contribution in [0.2, 0.25) is 0 Å². The second kappa shape index (κ2) is 8.64. The maximum atomic E-state index is 11.9. The minimum atomic E-state index is 0.0315. The van der Waals surface area contributed by atoms with Crippen molar-refractivity contribution in [3.63, 3.8) is 0 Å². The average molecular weight is 291 g/mol. The van der Waals surface area contributed by atoms with Gasteiger partial charge in [0.25, 0.3) is 0 Å². The topological polar surface area (TPSA) is 44.8 Å². The number of urea groups is 1. The minimum absolute atomic E-state index is 0.0315. The van der Waals surface area contributed by atoms with Gasteiger partial charge < -0.3 is 19.9 Å². The first-order valence-electron chi connectivity index (χ1n) is 7.58. The molecule has 21 heavy (non-hydrogen) atoms. The summed E-state index contributed by atoms with van der Waals surface area (Å²) in [5.41, 5.74) is 1.32. The lowest BCUT2D eigenvalue weighted by atomic mass is 10.2. The molecule has 1 saturated heterocycles. The first-order valence-corrected chi connectivity index (χ1v) is 7.58. The van der Waals surface area contributed by atoms with Gasteiger partial charge in [-0.2, -0.15) is 0 Å². The minimum Gasteiger partial charge on any atom is -0.378 e. The van der Waals surface area contributed by atoms with E-state index in [4.69, 9.17) is 4.74 Å². The Morgan fingerprint density at radius 3 is 2.71 bits per heavy atom. The van der Waals surface area contributed by atoms with Crippen LogP contribution in [0, 0.1) is 0 Å². The van der Waals surface area contributed by atoms with Gasteiger partial charge in [-0.3, -0.25) is 0 Å². The van der Waals surface area contributed by atoms with Crippen LogP contribution in [-0.4, -0.2) is 62.3 Å². The molecule has 0 unspecified atom stereocenters. The molecule has 1 fully saturated rings. The van der Waals surface area contributed by atoms with Gasteiger partial charge in [0.05, 0.1) is 13.2 Å². The van der Waals surface area contributed by atoms with Crippen molar-refractivity contribution < 1.29 is 9.53 Å². The van der Waals surface area contributed by atoms with Gasteiger partial charge in [-0.25, -0.2) is 4.79 Å². The first kappa shape index (κ1) is 15.8. The van der Waals surface area contributed by atoms with E-state index in [1.54, 1.807) is 0 Å². The molecule has 0 atom stereocenters. The summed E-state index contributed by atoms with van der Waals surface area (Å²) in [5.74, 6) is 0. The van der Waals surface area contributed by atoms with E-state index in [-0.39, 0.29) is 6.03 Å². The number of benzene rings is 1. The number of nitrogens with one attached hydrogen (secondary N) is 1. The first-order chi connectivity index (χ1) is 10.3. The molecule has 0 saturated carbocycles. The zero-order valence-electron chi connectivity index (χ0n) is 12.8. The van der Waals surface area contributed by atoms with Gasteiger partial charge in [-0.1, -0.05) is 30.3 Å². The second-order valence-electron chi connectivity index (χ2n) is 5.41. The number of hydrogen-bond acceptors (Lipinski definition) is 3. The van der Waals surface area contributed by atoms with Crippen molar-refractivity contribution in [2.75, 3.05) is 46.4 Å². The lowest BCUT2D eigenvalue weighted by Crippen LogP contribution is -2.46. The van der Waals surface area contributed by atoms with Gasteiger partial charge in [-0.15, -0.1) is 0 Å². The molecule has 0 radical (unpaired) electrons. The number of rotatable bonds is 6. The Kier molecular flexibility index (Phi) is 6.50. The van der Waals surface area contributed by atoms with E-state index < -0.39 is 0 Å². The SMILES string of the molecule is CN(CCCNC(=O)N1CCOCC1)Cc1ccccc1. The molecule has 0 spiro atoms. The Hall–Kier alpha value is -1.59. The summed E-state index contributed by atoms with van der Waals surface area (Å²) < 4.78 is 5.24. The fourth-order valence-electron chi connectivity index (χ4n) is 2.40. The highest BCUT2D eigenvalue weighted by molar-refractivity contribution is 5.74. The van der Waals surface area contributed by atoms with Crippen molar-refractivity contribution in [1.29, 1.82) is 0 Å². The number of morpholine rings is 1. The molecule has 5 nitrogen and oxygen atoms in total. The standard InChI is InChI=1S/C16H25N3O2/c1-18(14-15-6-3-2-4-7-15)9-5-8-17-16(20)19-10-12-21-13-11-19/h2-4,6-7H,5,8-14H2,1H3,(H,17,20). The molecule has 1 N–H and O–H groups in total. The summed E-state index contributed by atoms with van der Waals surface area (Å²) in [6.45, 7) is 5.31. The van der Waals surface area contributed by atoms with Crippen LogP contribution in [0.4, 0.5) is 4.79 Å². The molecule has 116 valence electrons. The zero-order chi connectivity index (χ0) is 14.9. The fourth-order valence-corrected chi connectivity index (χ4v) is 2.40. The van der Waals surface area contributed by atoms with Crippen LogP contribution in [0.5, 0.6) is 0 Å². The molecule has 0 bridgehead atoms. The molecule has 2 amide bonds. The zero-order valence-corrected chi connectivity index (χ0v) is 12.8. The van der Waals surface area contributed by atoms with Crippen LogP contribution in [0.15, 0.2) is 30.3 Å². The number of hydrogen-bond donors (Lipinski definition) is 1. The largest absolute Gasteiger partial charge is 0.378 e. The third-order valence-corrected chi connectivity index (χ3v) is 3.59. The van der Waals surface area contributed by atoms with E-state index >= 15 is 0 Å². The predicted octanol–water partition coefficient (Wildman–Crippen LogP) is 1.55. The van der Waals surface area contributed by atoms with Crippen molar-refractivity contribution in [2.24, 2.45) is 0 Å². The van der Waals surface area contributed by atoms with Crippen LogP contribution in [0.1, 0.15) is 12.0 Å². The highest BCUT2D eigenvalue weighted by Crippen LogP contribution is 2.03. The Balaban J connectivity index is 1.57. The molecule has 1 aliphatic heterocycles.